The Morgan fingerprint density at radius 1 is 0.727 bits per heavy atom. The van der Waals surface area contributed by atoms with Crippen molar-refractivity contribution < 1.29 is 28.7 Å². The molecule has 0 unspecified atom stereocenters. The minimum absolute atomic E-state index is 0.299. The van der Waals surface area contributed by atoms with Crippen LogP contribution < -0.4 is 14.5 Å². The molecule has 44 heavy (non-hydrogen) atoms. The molecule has 0 N–H and O–H groups in total. The number of carbonyl (C=O) groups is 4. The van der Waals surface area contributed by atoms with Crippen LogP contribution in [0.4, 0.5) is 11.4 Å². The first-order valence-electron chi connectivity index (χ1n) is 14.4. The van der Waals surface area contributed by atoms with Gasteiger partial charge in [0.05, 0.1) is 23.6 Å². The highest BCUT2D eigenvalue weighted by Crippen LogP contribution is 2.50. The topological polar surface area (TPSA) is 93.2 Å². The van der Waals surface area contributed by atoms with Gasteiger partial charge in [0.25, 0.3) is 0 Å². The smallest absolute Gasteiger partial charge is 0.330 e. The van der Waals surface area contributed by atoms with Crippen LogP contribution in [0.15, 0.2) is 115 Å². The van der Waals surface area contributed by atoms with E-state index in [0.717, 1.165) is 27.3 Å². The van der Waals surface area contributed by atoms with Gasteiger partial charge in [-0.25, -0.2) is 9.69 Å². The molecule has 3 aliphatic rings. The van der Waals surface area contributed by atoms with Gasteiger partial charge in [0.15, 0.2) is 6.10 Å². The summed E-state index contributed by atoms with van der Waals surface area (Å²) in [6, 6.07) is 31.2. The predicted molar refractivity (Wildman–Crippen MR) is 164 cm³/mol. The molecule has 0 radical (unpaired) electrons. The number of rotatable bonds is 6. The quantitative estimate of drug-likeness (QED) is 0.172. The monoisotopic (exact) mass is 584 g/mol. The van der Waals surface area contributed by atoms with Gasteiger partial charge >= 0.3 is 11.9 Å². The molecule has 0 spiro atoms. The Kier molecular flexibility index (Phi) is 6.81. The van der Waals surface area contributed by atoms with Crippen molar-refractivity contribution in [2.75, 3.05) is 9.80 Å². The van der Waals surface area contributed by atoms with E-state index >= 15 is 0 Å². The average Bonchev–Trinajstić information content (AvgIpc) is 3.53. The van der Waals surface area contributed by atoms with Crippen molar-refractivity contribution in [3.8, 4) is 5.75 Å². The van der Waals surface area contributed by atoms with E-state index in [1.165, 1.54) is 19.1 Å². The van der Waals surface area contributed by atoms with Crippen LogP contribution in [0.25, 0.3) is 6.08 Å². The molecule has 0 bridgehead atoms. The molecule has 2 fully saturated rings. The molecular weight excluding hydrogens is 556 g/mol. The van der Waals surface area contributed by atoms with Gasteiger partial charge in [0.1, 0.15) is 11.8 Å². The number of amides is 2. The lowest BCUT2D eigenvalue weighted by Gasteiger charge is -2.36. The molecule has 0 aromatic heterocycles. The third kappa shape index (κ3) is 4.55. The van der Waals surface area contributed by atoms with Gasteiger partial charge in [0, 0.05) is 12.6 Å². The number of para-hydroxylation sites is 1. The van der Waals surface area contributed by atoms with Crippen LogP contribution in [0.2, 0.25) is 0 Å². The first-order valence-corrected chi connectivity index (χ1v) is 14.4. The summed E-state index contributed by atoms with van der Waals surface area (Å²) in [5, 5.41) is 0. The highest BCUT2D eigenvalue weighted by Gasteiger charge is 2.65. The van der Waals surface area contributed by atoms with E-state index in [-0.39, 0.29) is 0 Å². The van der Waals surface area contributed by atoms with E-state index in [1.54, 1.807) is 12.1 Å². The van der Waals surface area contributed by atoms with Crippen LogP contribution in [0.3, 0.4) is 0 Å². The average molecular weight is 585 g/mol. The van der Waals surface area contributed by atoms with E-state index in [1.807, 2.05) is 102 Å². The molecule has 0 saturated carbocycles. The third-order valence-corrected chi connectivity index (χ3v) is 8.45. The number of fused-ring (bicyclic) bond motifs is 5. The van der Waals surface area contributed by atoms with Crippen molar-refractivity contribution in [3.05, 3.63) is 132 Å². The van der Waals surface area contributed by atoms with E-state index < -0.39 is 53.8 Å². The maximum Gasteiger partial charge on any atom is 0.330 e. The number of benzene rings is 4. The lowest BCUT2D eigenvalue weighted by Crippen LogP contribution is -2.49. The summed E-state index contributed by atoms with van der Waals surface area (Å²) < 4.78 is 11.4. The van der Waals surface area contributed by atoms with Gasteiger partial charge in [0.2, 0.25) is 11.8 Å². The SMILES string of the molecule is CC(=O)Oc1ccc(N2C(=O)[C@@H]3[C@H](C2=O)[C@H](C(=O)OC(c2ccccc2)c2ccccc2)N2c4ccccc4C=C[C@H]32)cc1. The molecule has 3 heterocycles. The number of nitrogens with zero attached hydrogens (tertiary/aromatic N) is 2. The number of imide groups is 1. The maximum absolute atomic E-state index is 14.4. The summed E-state index contributed by atoms with van der Waals surface area (Å²) in [6.45, 7) is 1.30. The van der Waals surface area contributed by atoms with Gasteiger partial charge in [-0.15, -0.1) is 0 Å². The lowest BCUT2D eigenvalue weighted by molar-refractivity contribution is -0.151. The fourth-order valence-corrected chi connectivity index (χ4v) is 6.64. The Labute approximate surface area is 254 Å². The van der Waals surface area contributed by atoms with Gasteiger partial charge < -0.3 is 14.4 Å². The summed E-state index contributed by atoms with van der Waals surface area (Å²) in [6.07, 6.45) is 3.12. The Morgan fingerprint density at radius 2 is 1.32 bits per heavy atom. The number of anilines is 2. The lowest BCUT2D eigenvalue weighted by atomic mass is 9.88. The largest absolute Gasteiger partial charge is 0.451 e. The molecule has 8 heteroatoms. The molecule has 3 aliphatic heterocycles. The van der Waals surface area contributed by atoms with Crippen LogP contribution in [-0.4, -0.2) is 35.8 Å². The Bertz CT molecular complexity index is 1750. The van der Waals surface area contributed by atoms with Crippen LogP contribution in [0.5, 0.6) is 5.75 Å². The van der Waals surface area contributed by atoms with Crippen molar-refractivity contribution in [1.82, 2.24) is 0 Å². The second kappa shape index (κ2) is 11.0. The zero-order valence-electron chi connectivity index (χ0n) is 23.8. The summed E-state index contributed by atoms with van der Waals surface area (Å²) in [4.78, 5) is 57.1. The zero-order valence-corrected chi connectivity index (χ0v) is 23.8. The summed E-state index contributed by atoms with van der Waals surface area (Å²) in [7, 11) is 0. The van der Waals surface area contributed by atoms with Crippen LogP contribution in [0.1, 0.15) is 29.7 Å². The van der Waals surface area contributed by atoms with Crippen molar-refractivity contribution in [3.63, 3.8) is 0 Å². The predicted octanol–water partition coefficient (Wildman–Crippen LogP) is 5.33. The van der Waals surface area contributed by atoms with Gasteiger partial charge in [-0.3, -0.25) is 14.4 Å². The minimum Gasteiger partial charge on any atom is -0.451 e. The zero-order chi connectivity index (χ0) is 30.4. The van der Waals surface area contributed by atoms with Crippen molar-refractivity contribution in [1.29, 1.82) is 0 Å². The number of ether oxygens (including phenoxy) is 2. The second-order valence-corrected chi connectivity index (χ2v) is 11.0. The Morgan fingerprint density at radius 3 is 1.95 bits per heavy atom. The normalized spacial score (nSPS) is 21.6. The molecule has 4 aromatic rings. The van der Waals surface area contributed by atoms with Gasteiger partial charge in [-0.05, 0) is 47.0 Å². The maximum atomic E-state index is 14.4. The fraction of sp³-hybridized carbons (Fsp3) is 0.167. The molecule has 7 rings (SSSR count). The summed E-state index contributed by atoms with van der Waals surface area (Å²) in [5.74, 6) is -3.40. The highest BCUT2D eigenvalue weighted by molar-refractivity contribution is 6.24. The van der Waals surface area contributed by atoms with Crippen molar-refractivity contribution in [2.24, 2.45) is 11.8 Å². The van der Waals surface area contributed by atoms with E-state index in [9.17, 15) is 19.2 Å². The molecule has 4 atom stereocenters. The van der Waals surface area contributed by atoms with E-state index in [4.69, 9.17) is 9.47 Å². The molecular formula is C36H28N2O6. The third-order valence-electron chi connectivity index (χ3n) is 8.45. The number of hydrogen-bond acceptors (Lipinski definition) is 7. The van der Waals surface area contributed by atoms with Crippen molar-refractivity contribution in [2.45, 2.75) is 25.1 Å². The first-order chi connectivity index (χ1) is 21.4. The van der Waals surface area contributed by atoms with Crippen LogP contribution in [0, 0.1) is 11.8 Å². The van der Waals surface area contributed by atoms with Crippen molar-refractivity contribution >= 4 is 41.2 Å². The fourth-order valence-electron chi connectivity index (χ4n) is 6.64. The van der Waals surface area contributed by atoms with E-state index in [0.29, 0.717) is 11.4 Å². The standard InChI is InChI=1S/C36H28N2O6/c1-22(39)43-27-19-17-26(18-20-27)37-34(40)30-29-21-16-23-10-8-9-15-28(23)38(29)32(31(30)35(37)41)36(42)44-33(24-11-4-2-5-12-24)25-13-6-3-7-14-25/h2-21,29-33H,1H3/t29-,30+,31+,32-/m1/s1. The van der Waals surface area contributed by atoms with Gasteiger partial charge in [-0.2, -0.15) is 0 Å². The molecule has 2 amide bonds. The first kappa shape index (κ1) is 27.3. The molecule has 4 aromatic carbocycles. The number of esters is 2. The summed E-state index contributed by atoms with van der Waals surface area (Å²) >= 11 is 0. The second-order valence-electron chi connectivity index (χ2n) is 11.0. The Hall–Kier alpha value is -5.50. The van der Waals surface area contributed by atoms with Crippen LogP contribution >= 0.6 is 0 Å². The van der Waals surface area contributed by atoms with Gasteiger partial charge in [-0.1, -0.05) is 91.0 Å². The minimum atomic E-state index is -1.05. The molecule has 2 saturated heterocycles. The number of hydrogen-bond donors (Lipinski definition) is 0. The van der Waals surface area contributed by atoms with E-state index in [2.05, 4.69) is 0 Å². The Balaban J connectivity index is 1.28. The van der Waals surface area contributed by atoms with Crippen LogP contribution in [-0.2, 0) is 23.9 Å². The highest BCUT2D eigenvalue weighted by atomic mass is 16.5. The summed E-state index contributed by atoms with van der Waals surface area (Å²) in [5.41, 5.74) is 3.59. The molecule has 8 nitrogen and oxygen atoms in total. The number of carbonyl (C=O) groups excluding carboxylic acids is 4. The molecule has 218 valence electrons. The molecule has 0 aliphatic carbocycles.